The molecule has 2 N–H and O–H groups in total. The fraction of sp³-hybridized carbons (Fsp3) is 0.0417. The zero-order chi connectivity index (χ0) is 21.4. The maximum atomic E-state index is 13.8. The van der Waals surface area contributed by atoms with E-state index in [2.05, 4.69) is 27.1 Å². The quantitative estimate of drug-likeness (QED) is 0.436. The highest BCUT2D eigenvalue weighted by Crippen LogP contribution is 2.30. The molecule has 0 saturated carbocycles. The van der Waals surface area contributed by atoms with Gasteiger partial charge in [-0.15, -0.1) is 0 Å². The molecule has 150 valence electrons. The minimum Gasteiger partial charge on any atom is -0.324 e. The van der Waals surface area contributed by atoms with Crippen LogP contribution in [0.3, 0.4) is 0 Å². The Hall–Kier alpha value is -4.02. The predicted octanol–water partition coefficient (Wildman–Crippen LogP) is 4.59. The summed E-state index contributed by atoms with van der Waals surface area (Å²) in [5, 5.41) is 2.86. The minimum absolute atomic E-state index is 0.107. The van der Waals surface area contributed by atoms with Crippen molar-refractivity contribution >= 4 is 44.5 Å². The molecule has 1 amide bonds. The van der Waals surface area contributed by atoms with Crippen molar-refractivity contribution < 1.29 is 9.18 Å². The number of halogens is 1. The van der Waals surface area contributed by atoms with Gasteiger partial charge in [0, 0.05) is 5.56 Å². The van der Waals surface area contributed by atoms with Crippen molar-refractivity contribution in [1.29, 1.82) is 0 Å². The third-order valence-corrected chi connectivity index (χ3v) is 5.67. The first kappa shape index (κ1) is 19.0. The molecule has 1 aliphatic rings. The van der Waals surface area contributed by atoms with Crippen LogP contribution in [0.15, 0.2) is 70.5 Å². The Bertz CT molecular complexity index is 1500. The lowest BCUT2D eigenvalue weighted by Gasteiger charge is -2.04. The molecule has 7 heteroatoms. The number of benzene rings is 3. The summed E-state index contributed by atoms with van der Waals surface area (Å²) in [5.74, 6) is 5.17. The van der Waals surface area contributed by atoms with Gasteiger partial charge >= 0.3 is 4.87 Å². The zero-order valence-electron chi connectivity index (χ0n) is 16.0. The Kier molecular flexibility index (Phi) is 4.69. The maximum absolute atomic E-state index is 13.8. The van der Waals surface area contributed by atoms with E-state index in [9.17, 15) is 14.0 Å². The number of rotatable bonds is 1. The molecule has 2 heterocycles. The first-order valence-corrected chi connectivity index (χ1v) is 10.3. The van der Waals surface area contributed by atoms with E-state index in [0.717, 1.165) is 27.1 Å². The number of aromatic nitrogens is 1. The van der Waals surface area contributed by atoms with Gasteiger partial charge in [-0.25, -0.2) is 4.39 Å². The van der Waals surface area contributed by atoms with E-state index in [4.69, 9.17) is 0 Å². The van der Waals surface area contributed by atoms with Crippen LogP contribution in [0.1, 0.15) is 23.1 Å². The summed E-state index contributed by atoms with van der Waals surface area (Å²) < 4.78 is 14.6. The van der Waals surface area contributed by atoms with Crippen LogP contribution < -0.4 is 10.2 Å². The average molecular weight is 427 g/mol. The molecule has 31 heavy (non-hydrogen) atoms. The molecule has 0 aliphatic carbocycles. The molecule has 1 aliphatic heterocycles. The van der Waals surface area contributed by atoms with Crippen LogP contribution in [0.4, 0.5) is 15.8 Å². The molecule has 0 saturated heterocycles. The van der Waals surface area contributed by atoms with Crippen molar-refractivity contribution in [2.24, 2.45) is 4.99 Å². The summed E-state index contributed by atoms with van der Waals surface area (Å²) >= 11 is 1.12. The molecular weight excluding hydrogens is 413 g/mol. The Morgan fingerprint density at radius 2 is 1.87 bits per heavy atom. The smallest absolute Gasteiger partial charge is 0.305 e. The number of anilines is 1. The van der Waals surface area contributed by atoms with Crippen LogP contribution >= 0.6 is 11.3 Å². The molecule has 0 bridgehead atoms. The molecule has 3 aromatic carbocycles. The summed E-state index contributed by atoms with van der Waals surface area (Å²) in [6.07, 6.45) is 0.107. The number of nitrogens with one attached hydrogen (secondary N) is 2. The number of carbonyl (C=O) groups is 1. The van der Waals surface area contributed by atoms with Gasteiger partial charge in [0.05, 0.1) is 39.3 Å². The second kappa shape index (κ2) is 7.67. The number of amides is 1. The van der Waals surface area contributed by atoms with E-state index in [-0.39, 0.29) is 23.0 Å². The van der Waals surface area contributed by atoms with Gasteiger partial charge in [-0.3, -0.25) is 14.6 Å². The number of carbonyl (C=O) groups excluding carboxylic acids is 1. The fourth-order valence-corrected chi connectivity index (χ4v) is 4.11. The fourth-order valence-electron chi connectivity index (χ4n) is 3.34. The van der Waals surface area contributed by atoms with Gasteiger partial charge in [-0.05, 0) is 48.0 Å². The topological polar surface area (TPSA) is 74.3 Å². The standard InChI is InChI=1S/C24H14FN3O2S/c25-17-4-2-1-3-15(17)7-5-14-6-9-18-21(11-14)27-23(29)13-20(26-18)16-8-10-19-22(12-16)31-24(30)28-19/h1-4,6,8-12H,13H2,(H,27,29)(H,28,30). The maximum Gasteiger partial charge on any atom is 0.305 e. The lowest BCUT2D eigenvalue weighted by atomic mass is 10.1. The molecule has 5 rings (SSSR count). The van der Waals surface area contributed by atoms with Gasteiger partial charge < -0.3 is 10.3 Å². The van der Waals surface area contributed by atoms with Crippen LogP contribution in [0.25, 0.3) is 10.2 Å². The minimum atomic E-state index is -0.378. The van der Waals surface area contributed by atoms with E-state index in [1.165, 1.54) is 6.07 Å². The molecule has 0 fully saturated rings. The number of aromatic amines is 1. The molecule has 0 radical (unpaired) electrons. The highest BCUT2D eigenvalue weighted by atomic mass is 32.1. The summed E-state index contributed by atoms with van der Waals surface area (Å²) in [4.78, 5) is 31.4. The number of hydrogen-bond donors (Lipinski definition) is 2. The van der Waals surface area contributed by atoms with Crippen molar-refractivity contribution in [3.63, 3.8) is 0 Å². The third-order valence-electron chi connectivity index (χ3n) is 4.82. The SMILES string of the molecule is O=C1CC(c2ccc3[nH]c(=O)sc3c2)=Nc2ccc(C#Cc3ccccc3F)cc2N1. The Morgan fingerprint density at radius 1 is 1.00 bits per heavy atom. The molecule has 5 nitrogen and oxygen atoms in total. The van der Waals surface area contributed by atoms with Crippen LogP contribution in [-0.4, -0.2) is 16.6 Å². The van der Waals surface area contributed by atoms with Crippen molar-refractivity contribution in [2.45, 2.75) is 6.42 Å². The highest BCUT2D eigenvalue weighted by molar-refractivity contribution is 7.16. The van der Waals surface area contributed by atoms with Crippen molar-refractivity contribution in [1.82, 2.24) is 4.98 Å². The summed E-state index contributed by atoms with van der Waals surface area (Å²) in [6, 6.07) is 17.1. The second-order valence-electron chi connectivity index (χ2n) is 6.97. The van der Waals surface area contributed by atoms with Gasteiger partial charge in [-0.2, -0.15) is 0 Å². The number of aliphatic imine (C=N–C) groups is 1. The number of thiazole rings is 1. The average Bonchev–Trinajstić information content (AvgIpc) is 3.04. The van der Waals surface area contributed by atoms with E-state index in [0.29, 0.717) is 28.2 Å². The van der Waals surface area contributed by atoms with Gasteiger partial charge in [0.25, 0.3) is 0 Å². The van der Waals surface area contributed by atoms with E-state index in [1.54, 1.807) is 36.4 Å². The van der Waals surface area contributed by atoms with Gasteiger partial charge in [-0.1, -0.05) is 41.4 Å². The summed E-state index contributed by atoms with van der Waals surface area (Å²) in [5.41, 5.74) is 4.27. The number of nitrogens with zero attached hydrogens (tertiary/aromatic N) is 1. The second-order valence-corrected chi connectivity index (χ2v) is 7.99. The zero-order valence-corrected chi connectivity index (χ0v) is 16.8. The monoisotopic (exact) mass is 427 g/mol. The Balaban J connectivity index is 1.52. The molecule has 4 aromatic rings. The van der Waals surface area contributed by atoms with Crippen LogP contribution in [-0.2, 0) is 4.79 Å². The summed E-state index contributed by atoms with van der Waals surface area (Å²) in [7, 11) is 0. The first-order chi connectivity index (χ1) is 15.0. The first-order valence-electron chi connectivity index (χ1n) is 9.46. The normalized spacial score (nSPS) is 12.9. The van der Waals surface area contributed by atoms with E-state index >= 15 is 0 Å². The van der Waals surface area contributed by atoms with Gasteiger partial charge in [0.2, 0.25) is 5.91 Å². The Morgan fingerprint density at radius 3 is 2.74 bits per heavy atom. The number of fused-ring (bicyclic) bond motifs is 2. The lowest BCUT2D eigenvalue weighted by Crippen LogP contribution is -2.14. The lowest BCUT2D eigenvalue weighted by molar-refractivity contribution is -0.115. The van der Waals surface area contributed by atoms with Gasteiger partial charge in [0.15, 0.2) is 0 Å². The molecule has 0 unspecified atom stereocenters. The van der Waals surface area contributed by atoms with Crippen LogP contribution in [0.5, 0.6) is 0 Å². The van der Waals surface area contributed by atoms with Crippen LogP contribution in [0.2, 0.25) is 0 Å². The molecular formula is C24H14FN3O2S. The predicted molar refractivity (Wildman–Crippen MR) is 121 cm³/mol. The third kappa shape index (κ3) is 3.89. The highest BCUT2D eigenvalue weighted by Gasteiger charge is 2.18. The molecule has 1 aromatic heterocycles. The van der Waals surface area contributed by atoms with Crippen molar-refractivity contribution in [2.75, 3.05) is 5.32 Å². The van der Waals surface area contributed by atoms with Gasteiger partial charge in [0.1, 0.15) is 5.82 Å². The molecule has 0 spiro atoms. The van der Waals surface area contributed by atoms with Crippen molar-refractivity contribution in [3.8, 4) is 11.8 Å². The largest absolute Gasteiger partial charge is 0.324 e. The van der Waals surface area contributed by atoms with Crippen LogP contribution in [0, 0.1) is 17.7 Å². The van der Waals surface area contributed by atoms with Crippen molar-refractivity contribution in [3.05, 3.63) is 92.8 Å². The van der Waals surface area contributed by atoms with E-state index in [1.807, 2.05) is 18.2 Å². The molecule has 0 atom stereocenters. The van der Waals surface area contributed by atoms with E-state index < -0.39 is 0 Å². The Labute approximate surface area is 180 Å². The number of H-pyrrole nitrogens is 1. The number of hydrogen-bond acceptors (Lipinski definition) is 4. The summed E-state index contributed by atoms with van der Waals surface area (Å²) in [6.45, 7) is 0.